The van der Waals surface area contributed by atoms with E-state index >= 15 is 0 Å². The minimum atomic E-state index is -0.578. The number of anilines is 1. The Morgan fingerprint density at radius 1 is 1.24 bits per heavy atom. The molecule has 1 aromatic carbocycles. The molecular weight excluding hydrogens is 292 g/mol. The van der Waals surface area contributed by atoms with E-state index in [9.17, 15) is 8.78 Å². The maximum Gasteiger partial charge on any atom is 0.140 e. The first kappa shape index (κ1) is 14.3. The summed E-state index contributed by atoms with van der Waals surface area (Å²) in [4.78, 5) is 9.42. The summed E-state index contributed by atoms with van der Waals surface area (Å²) in [5, 5.41) is 3.76. The SMILES string of the molecule is CNc1nc(C2CC2)nc(Sc2ccc(F)cc2F)c1C. The van der Waals surface area contributed by atoms with Crippen molar-refractivity contribution in [3.8, 4) is 0 Å². The van der Waals surface area contributed by atoms with Crippen LogP contribution in [0.2, 0.25) is 0 Å². The van der Waals surface area contributed by atoms with Crippen LogP contribution in [0.25, 0.3) is 0 Å². The molecule has 0 bridgehead atoms. The van der Waals surface area contributed by atoms with Crippen molar-refractivity contribution < 1.29 is 8.78 Å². The molecule has 3 rings (SSSR count). The lowest BCUT2D eigenvalue weighted by Gasteiger charge is -2.12. The number of hydrogen-bond acceptors (Lipinski definition) is 4. The van der Waals surface area contributed by atoms with Crippen molar-refractivity contribution in [1.82, 2.24) is 9.97 Å². The van der Waals surface area contributed by atoms with E-state index < -0.39 is 11.6 Å². The Hall–Kier alpha value is -1.69. The predicted molar refractivity (Wildman–Crippen MR) is 78.8 cm³/mol. The molecular formula is C15H15F2N3S. The molecule has 0 spiro atoms. The van der Waals surface area contributed by atoms with Gasteiger partial charge in [-0.25, -0.2) is 18.7 Å². The van der Waals surface area contributed by atoms with E-state index in [4.69, 9.17) is 0 Å². The molecule has 0 atom stereocenters. The van der Waals surface area contributed by atoms with Gasteiger partial charge in [-0.05, 0) is 31.9 Å². The van der Waals surface area contributed by atoms with E-state index in [1.165, 1.54) is 23.9 Å². The Morgan fingerprint density at radius 2 is 2.00 bits per heavy atom. The highest BCUT2D eigenvalue weighted by atomic mass is 32.2. The lowest BCUT2D eigenvalue weighted by atomic mass is 10.3. The fourth-order valence-electron chi connectivity index (χ4n) is 2.04. The van der Waals surface area contributed by atoms with Crippen molar-refractivity contribution >= 4 is 17.6 Å². The number of rotatable bonds is 4. The lowest BCUT2D eigenvalue weighted by molar-refractivity contribution is 0.565. The molecule has 1 aliphatic carbocycles. The summed E-state index contributed by atoms with van der Waals surface area (Å²) in [6.07, 6.45) is 2.20. The molecule has 0 amide bonds. The summed E-state index contributed by atoms with van der Waals surface area (Å²) in [5.41, 5.74) is 0.871. The number of nitrogens with zero attached hydrogens (tertiary/aromatic N) is 2. The summed E-state index contributed by atoms with van der Waals surface area (Å²) < 4.78 is 26.8. The van der Waals surface area contributed by atoms with Crippen LogP contribution in [0.5, 0.6) is 0 Å². The van der Waals surface area contributed by atoms with Gasteiger partial charge in [0.1, 0.15) is 28.3 Å². The molecule has 0 aliphatic heterocycles. The molecule has 0 saturated heterocycles. The second kappa shape index (κ2) is 5.60. The normalized spacial score (nSPS) is 14.3. The van der Waals surface area contributed by atoms with Gasteiger partial charge >= 0.3 is 0 Å². The van der Waals surface area contributed by atoms with Crippen LogP contribution in [0.3, 0.4) is 0 Å². The predicted octanol–water partition coefficient (Wildman–Crippen LogP) is 4.13. The maximum atomic E-state index is 13.8. The summed E-state index contributed by atoms with van der Waals surface area (Å²) in [6, 6.07) is 3.58. The van der Waals surface area contributed by atoms with E-state index in [1.807, 2.05) is 6.92 Å². The zero-order valence-electron chi connectivity index (χ0n) is 11.8. The van der Waals surface area contributed by atoms with Crippen LogP contribution in [0.15, 0.2) is 28.1 Å². The highest BCUT2D eigenvalue weighted by molar-refractivity contribution is 7.99. The Kier molecular flexibility index (Phi) is 3.80. The summed E-state index contributed by atoms with van der Waals surface area (Å²) in [6.45, 7) is 1.90. The van der Waals surface area contributed by atoms with Gasteiger partial charge in [-0.2, -0.15) is 0 Å². The van der Waals surface area contributed by atoms with Gasteiger partial charge in [0.15, 0.2) is 0 Å². The maximum absolute atomic E-state index is 13.8. The number of aromatic nitrogens is 2. The van der Waals surface area contributed by atoms with E-state index in [0.29, 0.717) is 15.8 Å². The first-order chi connectivity index (χ1) is 10.1. The molecule has 0 unspecified atom stereocenters. The number of hydrogen-bond donors (Lipinski definition) is 1. The fourth-order valence-corrected chi connectivity index (χ4v) is 2.93. The minimum absolute atomic E-state index is 0.363. The lowest BCUT2D eigenvalue weighted by Crippen LogP contribution is -2.04. The zero-order valence-corrected chi connectivity index (χ0v) is 12.6. The first-order valence-corrected chi connectivity index (χ1v) is 7.59. The van der Waals surface area contributed by atoms with E-state index in [2.05, 4.69) is 15.3 Å². The average molecular weight is 307 g/mol. The summed E-state index contributed by atoms with van der Waals surface area (Å²) >= 11 is 1.21. The smallest absolute Gasteiger partial charge is 0.140 e. The molecule has 0 radical (unpaired) electrons. The largest absolute Gasteiger partial charge is 0.373 e. The van der Waals surface area contributed by atoms with Crippen LogP contribution in [0.1, 0.15) is 30.1 Å². The van der Waals surface area contributed by atoms with Crippen LogP contribution in [-0.4, -0.2) is 17.0 Å². The molecule has 1 fully saturated rings. The van der Waals surface area contributed by atoms with Gasteiger partial charge in [-0.3, -0.25) is 0 Å². The molecule has 1 aliphatic rings. The minimum Gasteiger partial charge on any atom is -0.373 e. The standard InChI is InChI=1S/C15H15F2N3S/c1-8-13(18-2)19-14(9-3-4-9)20-15(8)21-12-6-5-10(16)7-11(12)17/h5-7,9H,3-4H2,1-2H3,(H,18,19,20). The molecule has 21 heavy (non-hydrogen) atoms. The zero-order chi connectivity index (χ0) is 15.0. The van der Waals surface area contributed by atoms with Crippen molar-refractivity contribution in [1.29, 1.82) is 0 Å². The van der Waals surface area contributed by atoms with Crippen molar-refractivity contribution in [3.05, 3.63) is 41.2 Å². The van der Waals surface area contributed by atoms with Crippen molar-refractivity contribution in [2.45, 2.75) is 35.6 Å². The molecule has 110 valence electrons. The first-order valence-electron chi connectivity index (χ1n) is 6.77. The van der Waals surface area contributed by atoms with Gasteiger partial charge in [0.2, 0.25) is 0 Å². The topological polar surface area (TPSA) is 37.8 Å². The monoisotopic (exact) mass is 307 g/mol. The number of halogens is 2. The van der Waals surface area contributed by atoms with Crippen LogP contribution in [-0.2, 0) is 0 Å². The Balaban J connectivity index is 1.98. The number of benzene rings is 1. The molecule has 1 heterocycles. The summed E-state index contributed by atoms with van der Waals surface area (Å²) in [7, 11) is 1.80. The molecule has 1 N–H and O–H groups in total. The molecule has 1 saturated carbocycles. The Morgan fingerprint density at radius 3 is 2.62 bits per heavy atom. The average Bonchev–Trinajstić information content (AvgIpc) is 3.28. The van der Waals surface area contributed by atoms with Crippen molar-refractivity contribution in [2.24, 2.45) is 0 Å². The third-order valence-electron chi connectivity index (χ3n) is 3.40. The summed E-state index contributed by atoms with van der Waals surface area (Å²) in [5.74, 6) is 0.824. The third kappa shape index (κ3) is 3.00. The van der Waals surface area contributed by atoms with E-state index in [1.54, 1.807) is 7.05 Å². The van der Waals surface area contributed by atoms with Crippen molar-refractivity contribution in [2.75, 3.05) is 12.4 Å². The molecule has 1 aromatic heterocycles. The Labute approximate surface area is 126 Å². The van der Waals surface area contributed by atoms with E-state index in [-0.39, 0.29) is 0 Å². The van der Waals surface area contributed by atoms with Gasteiger partial charge in [0.25, 0.3) is 0 Å². The van der Waals surface area contributed by atoms with E-state index in [0.717, 1.165) is 36.1 Å². The highest BCUT2D eigenvalue weighted by Crippen LogP contribution is 2.41. The molecule has 6 heteroatoms. The third-order valence-corrected chi connectivity index (χ3v) is 4.54. The van der Waals surface area contributed by atoms with Crippen LogP contribution >= 0.6 is 11.8 Å². The van der Waals surface area contributed by atoms with Crippen LogP contribution in [0, 0.1) is 18.6 Å². The fraction of sp³-hybridized carbons (Fsp3) is 0.333. The molecule has 2 aromatic rings. The molecule has 3 nitrogen and oxygen atoms in total. The van der Waals surface area contributed by atoms with Crippen LogP contribution < -0.4 is 5.32 Å². The van der Waals surface area contributed by atoms with Gasteiger partial charge < -0.3 is 5.32 Å². The second-order valence-corrected chi connectivity index (χ2v) is 6.09. The number of nitrogens with one attached hydrogen (secondary N) is 1. The van der Waals surface area contributed by atoms with Gasteiger partial charge in [-0.1, -0.05) is 11.8 Å². The highest BCUT2D eigenvalue weighted by Gasteiger charge is 2.28. The van der Waals surface area contributed by atoms with Gasteiger partial charge in [0.05, 0.1) is 0 Å². The van der Waals surface area contributed by atoms with Gasteiger partial charge in [0, 0.05) is 29.5 Å². The Bertz CT molecular complexity index is 687. The van der Waals surface area contributed by atoms with Gasteiger partial charge in [-0.15, -0.1) is 0 Å². The van der Waals surface area contributed by atoms with Crippen molar-refractivity contribution in [3.63, 3.8) is 0 Å². The van der Waals surface area contributed by atoms with Crippen LogP contribution in [0.4, 0.5) is 14.6 Å². The quantitative estimate of drug-likeness (QED) is 0.862. The second-order valence-electron chi connectivity index (χ2n) is 5.06.